The number of nitrogens with zero attached hydrogens (tertiary/aromatic N) is 2. The molecule has 4 heteroatoms. The van der Waals surface area contributed by atoms with E-state index in [1.165, 1.54) is 4.90 Å². The van der Waals surface area contributed by atoms with Crippen molar-refractivity contribution in [1.29, 1.82) is 5.26 Å². The molecule has 0 aliphatic rings. The Morgan fingerprint density at radius 3 is 2.69 bits per heavy atom. The van der Waals surface area contributed by atoms with E-state index in [2.05, 4.69) is 0 Å². The van der Waals surface area contributed by atoms with Gasteiger partial charge >= 0.3 is 0 Å². The fourth-order valence-electron chi connectivity index (χ4n) is 0.995. The van der Waals surface area contributed by atoms with Crippen LogP contribution in [-0.4, -0.2) is 18.3 Å². The predicted molar refractivity (Wildman–Crippen MR) is 51.5 cm³/mol. The topological polar surface area (TPSA) is 47.3 Å². The van der Waals surface area contributed by atoms with Crippen LogP contribution >= 0.6 is 11.6 Å². The van der Waals surface area contributed by atoms with Crippen LogP contribution in [0.25, 0.3) is 0 Å². The van der Waals surface area contributed by atoms with Gasteiger partial charge < -0.3 is 5.11 Å². The third kappa shape index (κ3) is 2.35. The van der Waals surface area contributed by atoms with Gasteiger partial charge in [-0.15, -0.1) is 0 Å². The van der Waals surface area contributed by atoms with E-state index < -0.39 is 0 Å². The van der Waals surface area contributed by atoms with Crippen LogP contribution in [0, 0.1) is 11.5 Å². The monoisotopic (exact) mass is 196 g/mol. The van der Waals surface area contributed by atoms with Crippen LogP contribution in [0.2, 0.25) is 5.02 Å². The second-order valence-electron chi connectivity index (χ2n) is 2.43. The maximum atomic E-state index is 8.74. The molecule has 1 N–H and O–H groups in total. The van der Waals surface area contributed by atoms with E-state index in [0.29, 0.717) is 10.7 Å². The van der Waals surface area contributed by atoms with Gasteiger partial charge in [-0.3, -0.25) is 4.90 Å². The average Bonchev–Trinajstić information content (AvgIpc) is 2.16. The smallest absolute Gasteiger partial charge is 0.184 e. The maximum Gasteiger partial charge on any atom is 0.184 e. The molecule has 0 amide bonds. The summed E-state index contributed by atoms with van der Waals surface area (Å²) in [6.07, 6.45) is 1.95. The van der Waals surface area contributed by atoms with Gasteiger partial charge in [0, 0.05) is 0 Å². The lowest BCUT2D eigenvalue weighted by atomic mass is 10.3. The lowest BCUT2D eigenvalue weighted by molar-refractivity contribution is 0.306. The summed E-state index contributed by atoms with van der Waals surface area (Å²) in [5.74, 6) is 0. The molecule has 1 aromatic rings. The molecule has 0 saturated carbocycles. The third-order valence-corrected chi connectivity index (χ3v) is 1.91. The van der Waals surface area contributed by atoms with Crippen molar-refractivity contribution in [3.63, 3.8) is 0 Å². The van der Waals surface area contributed by atoms with E-state index >= 15 is 0 Å². The fraction of sp³-hybridized carbons (Fsp3) is 0.222. The summed E-state index contributed by atoms with van der Waals surface area (Å²) in [4.78, 5) is 1.35. The van der Waals surface area contributed by atoms with Gasteiger partial charge in [-0.2, -0.15) is 5.26 Å². The first-order chi connectivity index (χ1) is 6.29. The fourth-order valence-corrected chi connectivity index (χ4v) is 1.23. The Hall–Kier alpha value is -1.24. The summed E-state index contributed by atoms with van der Waals surface area (Å²) in [6.45, 7) is 0.193. The van der Waals surface area contributed by atoms with Gasteiger partial charge in [-0.1, -0.05) is 23.7 Å². The Morgan fingerprint density at radius 2 is 2.15 bits per heavy atom. The molecule has 3 nitrogen and oxygen atoms in total. The summed E-state index contributed by atoms with van der Waals surface area (Å²) in [5, 5.41) is 17.9. The van der Waals surface area contributed by atoms with Gasteiger partial charge in [-0.25, -0.2) is 0 Å². The first-order valence-electron chi connectivity index (χ1n) is 3.82. The van der Waals surface area contributed by atoms with E-state index in [1.54, 1.807) is 24.3 Å². The van der Waals surface area contributed by atoms with E-state index in [0.717, 1.165) is 0 Å². The molecule has 0 saturated heterocycles. The Bertz CT molecular complexity index is 322. The Morgan fingerprint density at radius 1 is 1.46 bits per heavy atom. The summed E-state index contributed by atoms with van der Waals surface area (Å²) in [6, 6.07) is 7.03. The molecule has 68 valence electrons. The molecule has 0 spiro atoms. The van der Waals surface area contributed by atoms with Gasteiger partial charge in [0.25, 0.3) is 0 Å². The van der Waals surface area contributed by atoms with E-state index in [4.69, 9.17) is 22.0 Å². The van der Waals surface area contributed by atoms with Crippen LogP contribution in [0.15, 0.2) is 24.3 Å². The van der Waals surface area contributed by atoms with E-state index in [-0.39, 0.29) is 13.2 Å². The molecule has 0 aliphatic carbocycles. The lowest BCUT2D eigenvalue weighted by Gasteiger charge is -2.14. The zero-order chi connectivity index (χ0) is 9.68. The minimum absolute atomic E-state index is 0.0707. The third-order valence-electron chi connectivity index (χ3n) is 1.59. The highest BCUT2D eigenvalue weighted by atomic mass is 35.5. The minimum Gasteiger partial charge on any atom is -0.394 e. The first kappa shape index (κ1) is 9.85. The number of rotatable bonds is 3. The molecule has 0 atom stereocenters. The van der Waals surface area contributed by atoms with Crippen LogP contribution in [0.1, 0.15) is 0 Å². The minimum atomic E-state index is -0.0707. The molecule has 0 radical (unpaired) electrons. The van der Waals surface area contributed by atoms with Crippen LogP contribution < -0.4 is 4.90 Å². The van der Waals surface area contributed by atoms with Crippen LogP contribution in [0.4, 0.5) is 5.69 Å². The quantitative estimate of drug-likeness (QED) is 0.590. The molecule has 0 unspecified atom stereocenters. The van der Waals surface area contributed by atoms with Crippen LogP contribution in [-0.2, 0) is 0 Å². The SMILES string of the molecule is N#CN(CCO)c1ccccc1Cl. The van der Waals surface area contributed by atoms with Crippen molar-refractivity contribution in [3.05, 3.63) is 29.3 Å². The predicted octanol–water partition coefficient (Wildman–Crippen LogP) is 1.62. The number of halogens is 1. The molecule has 0 aliphatic heterocycles. The number of anilines is 1. The van der Waals surface area contributed by atoms with Crippen molar-refractivity contribution in [2.45, 2.75) is 0 Å². The van der Waals surface area contributed by atoms with Crippen molar-refractivity contribution in [3.8, 4) is 6.19 Å². The molecular formula is C9H9ClN2O. The van der Waals surface area contributed by atoms with Gasteiger partial charge in [0.2, 0.25) is 0 Å². The van der Waals surface area contributed by atoms with Gasteiger partial charge in [0.05, 0.1) is 23.9 Å². The number of nitriles is 1. The second-order valence-corrected chi connectivity index (χ2v) is 2.83. The van der Waals surface area contributed by atoms with Crippen LogP contribution in [0.5, 0.6) is 0 Å². The largest absolute Gasteiger partial charge is 0.394 e. The number of para-hydroxylation sites is 1. The molecule has 0 heterocycles. The highest BCUT2D eigenvalue weighted by molar-refractivity contribution is 6.33. The first-order valence-corrected chi connectivity index (χ1v) is 4.20. The van der Waals surface area contributed by atoms with Gasteiger partial charge in [0.1, 0.15) is 0 Å². The number of aliphatic hydroxyl groups excluding tert-OH is 1. The molecule has 13 heavy (non-hydrogen) atoms. The lowest BCUT2D eigenvalue weighted by Crippen LogP contribution is -2.20. The summed E-state index contributed by atoms with van der Waals surface area (Å²) >= 11 is 5.86. The number of hydrogen-bond acceptors (Lipinski definition) is 3. The van der Waals surface area contributed by atoms with Crippen molar-refractivity contribution in [1.82, 2.24) is 0 Å². The highest BCUT2D eigenvalue weighted by Crippen LogP contribution is 2.24. The normalized spacial score (nSPS) is 9.31. The molecule has 0 aromatic heterocycles. The second kappa shape index (κ2) is 4.70. The Balaban J connectivity index is 2.92. The van der Waals surface area contributed by atoms with Crippen molar-refractivity contribution < 1.29 is 5.11 Å². The van der Waals surface area contributed by atoms with E-state index in [1.807, 2.05) is 6.19 Å². The molecule has 1 aromatic carbocycles. The molecular weight excluding hydrogens is 188 g/mol. The zero-order valence-electron chi connectivity index (χ0n) is 6.94. The standard InChI is InChI=1S/C9H9ClN2O/c10-8-3-1-2-4-9(8)12(7-11)5-6-13/h1-4,13H,5-6H2. The van der Waals surface area contributed by atoms with Crippen LogP contribution in [0.3, 0.4) is 0 Å². The number of aliphatic hydroxyl groups is 1. The molecule has 0 bridgehead atoms. The Labute approximate surface area is 81.8 Å². The Kier molecular flexibility index (Phi) is 3.56. The maximum absolute atomic E-state index is 8.74. The molecule has 0 fully saturated rings. The summed E-state index contributed by atoms with van der Waals surface area (Å²) < 4.78 is 0. The summed E-state index contributed by atoms with van der Waals surface area (Å²) in [5.41, 5.74) is 0.626. The zero-order valence-corrected chi connectivity index (χ0v) is 7.70. The van der Waals surface area contributed by atoms with Gasteiger partial charge in [0.15, 0.2) is 6.19 Å². The van der Waals surface area contributed by atoms with E-state index in [9.17, 15) is 0 Å². The van der Waals surface area contributed by atoms with Gasteiger partial charge in [-0.05, 0) is 12.1 Å². The van der Waals surface area contributed by atoms with Crippen molar-refractivity contribution >= 4 is 17.3 Å². The number of hydrogen-bond donors (Lipinski definition) is 1. The number of benzene rings is 1. The summed E-state index contributed by atoms with van der Waals surface area (Å²) in [7, 11) is 0. The highest BCUT2D eigenvalue weighted by Gasteiger charge is 2.07. The average molecular weight is 197 g/mol. The van der Waals surface area contributed by atoms with Crippen molar-refractivity contribution in [2.24, 2.45) is 0 Å². The molecule has 1 rings (SSSR count). The van der Waals surface area contributed by atoms with Crippen molar-refractivity contribution in [2.75, 3.05) is 18.1 Å².